The Labute approximate surface area is 185 Å². The predicted octanol–water partition coefficient (Wildman–Crippen LogP) is 2.88. The van der Waals surface area contributed by atoms with Gasteiger partial charge in [-0.2, -0.15) is 0 Å². The van der Waals surface area contributed by atoms with Crippen molar-refractivity contribution in [2.24, 2.45) is 0 Å². The SMILES string of the molecule is O=C(NCc1ccccc1)[C@@H]1CCCN1C(=O)[C@H]1CCCN1C(=O)c1c(F)cccc1F. The molecule has 0 unspecified atom stereocenters. The van der Waals surface area contributed by atoms with Crippen molar-refractivity contribution in [2.75, 3.05) is 13.1 Å². The standard InChI is InChI=1S/C24H25F2N3O3/c25-17-9-4-10-18(26)21(17)24(32)29-14-6-12-20(29)23(31)28-13-5-11-19(28)22(30)27-15-16-7-2-1-3-8-16/h1-4,7-10,19-20H,5-6,11-15H2,(H,27,30)/t19-,20+/m0/s1. The summed E-state index contributed by atoms with van der Waals surface area (Å²) in [4.78, 5) is 41.7. The van der Waals surface area contributed by atoms with Gasteiger partial charge >= 0.3 is 0 Å². The molecule has 0 saturated carbocycles. The first-order chi connectivity index (χ1) is 15.5. The number of rotatable bonds is 5. The van der Waals surface area contributed by atoms with Crippen molar-refractivity contribution in [1.29, 1.82) is 0 Å². The summed E-state index contributed by atoms with van der Waals surface area (Å²) >= 11 is 0. The topological polar surface area (TPSA) is 69.7 Å². The second-order valence-corrected chi connectivity index (χ2v) is 8.15. The smallest absolute Gasteiger partial charge is 0.260 e. The fourth-order valence-electron chi connectivity index (χ4n) is 4.51. The van der Waals surface area contributed by atoms with E-state index in [0.29, 0.717) is 38.8 Å². The van der Waals surface area contributed by atoms with E-state index in [0.717, 1.165) is 17.7 Å². The van der Waals surface area contributed by atoms with Gasteiger partial charge < -0.3 is 15.1 Å². The quantitative estimate of drug-likeness (QED) is 0.776. The number of nitrogens with one attached hydrogen (secondary N) is 1. The summed E-state index contributed by atoms with van der Waals surface area (Å²) in [7, 11) is 0. The zero-order valence-electron chi connectivity index (χ0n) is 17.6. The number of nitrogens with zero attached hydrogens (tertiary/aromatic N) is 2. The fraction of sp³-hybridized carbons (Fsp3) is 0.375. The lowest BCUT2D eigenvalue weighted by molar-refractivity contribution is -0.141. The lowest BCUT2D eigenvalue weighted by Gasteiger charge is -2.31. The number of likely N-dealkylation sites (tertiary alicyclic amines) is 2. The van der Waals surface area contributed by atoms with Gasteiger partial charge in [-0.15, -0.1) is 0 Å². The second kappa shape index (κ2) is 9.46. The first-order valence-electron chi connectivity index (χ1n) is 10.8. The molecule has 1 N–H and O–H groups in total. The van der Waals surface area contributed by atoms with E-state index in [9.17, 15) is 23.2 Å². The van der Waals surface area contributed by atoms with E-state index in [1.807, 2.05) is 30.3 Å². The van der Waals surface area contributed by atoms with Crippen LogP contribution in [0.2, 0.25) is 0 Å². The van der Waals surface area contributed by atoms with Gasteiger partial charge in [-0.1, -0.05) is 36.4 Å². The molecule has 2 aliphatic heterocycles. The third-order valence-electron chi connectivity index (χ3n) is 6.12. The van der Waals surface area contributed by atoms with Gasteiger partial charge in [0.25, 0.3) is 5.91 Å². The molecule has 32 heavy (non-hydrogen) atoms. The van der Waals surface area contributed by atoms with E-state index >= 15 is 0 Å². The number of hydrogen-bond donors (Lipinski definition) is 1. The summed E-state index contributed by atoms with van der Waals surface area (Å²) < 4.78 is 28.3. The highest BCUT2D eigenvalue weighted by Gasteiger charge is 2.42. The van der Waals surface area contributed by atoms with E-state index in [1.165, 1.54) is 15.9 Å². The predicted molar refractivity (Wildman–Crippen MR) is 113 cm³/mol. The van der Waals surface area contributed by atoms with Crippen LogP contribution in [-0.4, -0.2) is 52.7 Å². The minimum Gasteiger partial charge on any atom is -0.350 e. The summed E-state index contributed by atoms with van der Waals surface area (Å²) in [5.41, 5.74) is 0.307. The van der Waals surface area contributed by atoms with Gasteiger partial charge in [-0.25, -0.2) is 8.78 Å². The molecule has 2 heterocycles. The maximum atomic E-state index is 14.1. The van der Waals surface area contributed by atoms with Crippen molar-refractivity contribution in [3.05, 3.63) is 71.3 Å². The lowest BCUT2D eigenvalue weighted by atomic mass is 10.1. The van der Waals surface area contributed by atoms with E-state index in [-0.39, 0.29) is 18.4 Å². The van der Waals surface area contributed by atoms with Gasteiger partial charge in [-0.3, -0.25) is 14.4 Å². The molecule has 6 nitrogen and oxygen atoms in total. The molecule has 2 fully saturated rings. The average Bonchev–Trinajstić information content (AvgIpc) is 3.47. The largest absolute Gasteiger partial charge is 0.350 e. The van der Waals surface area contributed by atoms with Crippen molar-refractivity contribution in [3.8, 4) is 0 Å². The van der Waals surface area contributed by atoms with E-state index in [1.54, 1.807) is 0 Å². The van der Waals surface area contributed by atoms with Crippen molar-refractivity contribution in [2.45, 2.75) is 44.3 Å². The number of benzene rings is 2. The van der Waals surface area contributed by atoms with Crippen LogP contribution in [-0.2, 0) is 16.1 Å². The third kappa shape index (κ3) is 4.35. The van der Waals surface area contributed by atoms with Crippen LogP contribution in [0.3, 0.4) is 0 Å². The van der Waals surface area contributed by atoms with Gasteiger partial charge in [0, 0.05) is 19.6 Å². The van der Waals surface area contributed by atoms with Crippen molar-refractivity contribution in [3.63, 3.8) is 0 Å². The molecular weight excluding hydrogens is 416 g/mol. The lowest BCUT2D eigenvalue weighted by Crippen LogP contribution is -2.53. The summed E-state index contributed by atoms with van der Waals surface area (Å²) in [6.45, 7) is 1.01. The number of carbonyl (C=O) groups excluding carboxylic acids is 3. The molecule has 168 valence electrons. The number of carbonyl (C=O) groups is 3. The van der Waals surface area contributed by atoms with Crippen LogP contribution < -0.4 is 5.32 Å². The van der Waals surface area contributed by atoms with Crippen LogP contribution in [0.1, 0.15) is 41.6 Å². The Morgan fingerprint density at radius 1 is 0.844 bits per heavy atom. The Balaban J connectivity index is 1.46. The molecule has 0 aliphatic carbocycles. The highest BCUT2D eigenvalue weighted by atomic mass is 19.1. The maximum absolute atomic E-state index is 14.1. The minimum atomic E-state index is -0.951. The normalized spacial score (nSPS) is 20.4. The Morgan fingerprint density at radius 3 is 2.16 bits per heavy atom. The van der Waals surface area contributed by atoms with Crippen molar-refractivity contribution in [1.82, 2.24) is 15.1 Å². The second-order valence-electron chi connectivity index (χ2n) is 8.15. The molecular formula is C24H25F2N3O3. The Morgan fingerprint density at radius 2 is 1.47 bits per heavy atom. The fourth-order valence-corrected chi connectivity index (χ4v) is 4.51. The van der Waals surface area contributed by atoms with Crippen molar-refractivity contribution < 1.29 is 23.2 Å². The summed E-state index contributed by atoms with van der Waals surface area (Å²) in [5.74, 6) is -3.32. The number of amides is 3. The number of halogens is 2. The van der Waals surface area contributed by atoms with Crippen LogP contribution >= 0.6 is 0 Å². The van der Waals surface area contributed by atoms with Gasteiger partial charge in [0.05, 0.1) is 0 Å². The third-order valence-corrected chi connectivity index (χ3v) is 6.12. The monoisotopic (exact) mass is 441 g/mol. The zero-order valence-corrected chi connectivity index (χ0v) is 17.6. The molecule has 0 aromatic heterocycles. The van der Waals surface area contributed by atoms with Gasteiger partial charge in [0.2, 0.25) is 11.8 Å². The molecule has 0 radical (unpaired) electrons. The van der Waals surface area contributed by atoms with Crippen LogP contribution in [0.25, 0.3) is 0 Å². The van der Waals surface area contributed by atoms with Gasteiger partial charge in [0.1, 0.15) is 29.3 Å². The maximum Gasteiger partial charge on any atom is 0.260 e. The van der Waals surface area contributed by atoms with Gasteiger partial charge in [0.15, 0.2) is 0 Å². The molecule has 2 aliphatic rings. The highest BCUT2D eigenvalue weighted by molar-refractivity contribution is 5.99. The van der Waals surface area contributed by atoms with Crippen LogP contribution in [0, 0.1) is 11.6 Å². The molecule has 2 saturated heterocycles. The Kier molecular flexibility index (Phi) is 6.48. The molecule has 2 aromatic rings. The van der Waals surface area contributed by atoms with E-state index in [2.05, 4.69) is 5.32 Å². The van der Waals surface area contributed by atoms with E-state index in [4.69, 9.17) is 0 Å². The van der Waals surface area contributed by atoms with Crippen molar-refractivity contribution >= 4 is 17.7 Å². The van der Waals surface area contributed by atoms with Crippen LogP contribution in [0.15, 0.2) is 48.5 Å². The molecule has 3 amide bonds. The molecule has 2 aromatic carbocycles. The molecule has 2 atom stereocenters. The summed E-state index contributed by atoms with van der Waals surface area (Å²) in [5, 5.41) is 2.88. The first-order valence-corrected chi connectivity index (χ1v) is 10.8. The van der Waals surface area contributed by atoms with Gasteiger partial charge in [-0.05, 0) is 43.4 Å². The Bertz CT molecular complexity index is 995. The molecule has 0 spiro atoms. The average molecular weight is 441 g/mol. The number of hydrogen-bond acceptors (Lipinski definition) is 3. The minimum absolute atomic E-state index is 0.238. The van der Waals surface area contributed by atoms with E-state index < -0.39 is 35.2 Å². The zero-order chi connectivity index (χ0) is 22.7. The molecule has 0 bridgehead atoms. The van der Waals surface area contributed by atoms with Crippen LogP contribution in [0.4, 0.5) is 8.78 Å². The Hall–Kier alpha value is -3.29. The highest BCUT2D eigenvalue weighted by Crippen LogP contribution is 2.27. The molecule has 4 rings (SSSR count). The summed E-state index contributed by atoms with van der Waals surface area (Å²) in [6.07, 6.45) is 2.17. The molecule has 8 heteroatoms. The first kappa shape index (κ1) is 21.9. The van der Waals surface area contributed by atoms with Crippen LogP contribution in [0.5, 0.6) is 0 Å². The summed E-state index contributed by atoms with van der Waals surface area (Å²) in [6, 6.07) is 11.3.